The zero-order valence-corrected chi connectivity index (χ0v) is 16.7. The van der Waals surface area contributed by atoms with Gasteiger partial charge in [-0.3, -0.25) is 9.89 Å². The van der Waals surface area contributed by atoms with Crippen LogP contribution in [0.5, 0.6) is 0 Å². The van der Waals surface area contributed by atoms with Crippen LogP contribution in [-0.2, 0) is 0 Å². The zero-order valence-electron chi connectivity index (χ0n) is 16.7. The van der Waals surface area contributed by atoms with E-state index in [0.717, 1.165) is 45.0 Å². The molecule has 1 aromatic carbocycles. The number of aliphatic imine (C=N–C) groups is 1. The van der Waals surface area contributed by atoms with Crippen molar-refractivity contribution in [3.05, 3.63) is 30.3 Å². The number of nitrogens with zero attached hydrogens (tertiary/aromatic N) is 2. The van der Waals surface area contributed by atoms with E-state index in [1.165, 1.54) is 5.69 Å². The van der Waals surface area contributed by atoms with Crippen molar-refractivity contribution >= 4 is 11.6 Å². The highest BCUT2D eigenvalue weighted by Crippen LogP contribution is 2.05. The van der Waals surface area contributed by atoms with Gasteiger partial charge in [0.1, 0.15) is 0 Å². The van der Waals surface area contributed by atoms with Gasteiger partial charge < -0.3 is 16.0 Å². The molecule has 0 saturated heterocycles. The van der Waals surface area contributed by atoms with Gasteiger partial charge in [0, 0.05) is 51.0 Å². The number of para-hydroxylation sites is 1. The number of hydrogen-bond donors (Lipinski definition) is 3. The molecule has 0 fully saturated rings. The van der Waals surface area contributed by atoms with Crippen molar-refractivity contribution in [3.8, 4) is 0 Å². The van der Waals surface area contributed by atoms with E-state index in [1.807, 2.05) is 25.2 Å². The Labute approximate surface area is 154 Å². The van der Waals surface area contributed by atoms with Crippen molar-refractivity contribution in [1.29, 1.82) is 0 Å². The third-order valence-electron chi connectivity index (χ3n) is 4.18. The first kappa shape index (κ1) is 21.3. The lowest BCUT2D eigenvalue weighted by atomic mass is 10.2. The van der Waals surface area contributed by atoms with E-state index in [1.54, 1.807) is 0 Å². The maximum Gasteiger partial charge on any atom is 0.190 e. The van der Waals surface area contributed by atoms with Gasteiger partial charge in [0.05, 0.1) is 0 Å². The first-order chi connectivity index (χ1) is 12.0. The highest BCUT2D eigenvalue weighted by atomic mass is 15.2. The van der Waals surface area contributed by atoms with Crippen molar-refractivity contribution < 1.29 is 0 Å². The lowest BCUT2D eigenvalue weighted by Crippen LogP contribution is -2.41. The van der Waals surface area contributed by atoms with E-state index in [4.69, 9.17) is 0 Å². The number of nitrogens with one attached hydrogen (secondary N) is 3. The van der Waals surface area contributed by atoms with Gasteiger partial charge in [-0.1, -0.05) is 18.2 Å². The molecule has 142 valence electrons. The molecule has 0 aliphatic carbocycles. The fourth-order valence-electron chi connectivity index (χ4n) is 2.89. The summed E-state index contributed by atoms with van der Waals surface area (Å²) >= 11 is 0. The summed E-state index contributed by atoms with van der Waals surface area (Å²) in [5.74, 6) is 0.889. The van der Waals surface area contributed by atoms with Gasteiger partial charge in [0.2, 0.25) is 0 Å². The monoisotopic (exact) mass is 347 g/mol. The average molecular weight is 348 g/mol. The highest BCUT2D eigenvalue weighted by Gasteiger charge is 2.12. The zero-order chi connectivity index (χ0) is 18.5. The summed E-state index contributed by atoms with van der Waals surface area (Å²) in [5, 5.41) is 10.2. The maximum atomic E-state index is 4.29. The molecule has 1 rings (SSSR count). The summed E-state index contributed by atoms with van der Waals surface area (Å²) in [5.41, 5.74) is 1.17. The van der Waals surface area contributed by atoms with Crippen molar-refractivity contribution in [3.63, 3.8) is 0 Å². The van der Waals surface area contributed by atoms with Gasteiger partial charge in [-0.2, -0.15) is 0 Å². The van der Waals surface area contributed by atoms with Crippen LogP contribution in [0.2, 0.25) is 0 Å². The van der Waals surface area contributed by atoms with Crippen molar-refractivity contribution in [2.45, 2.75) is 52.6 Å². The fraction of sp³-hybridized carbons (Fsp3) is 0.650. The lowest BCUT2D eigenvalue weighted by Gasteiger charge is -2.30. The first-order valence-corrected chi connectivity index (χ1v) is 9.53. The molecule has 0 aromatic heterocycles. The maximum absolute atomic E-state index is 4.29. The molecular formula is C20H37N5. The summed E-state index contributed by atoms with van der Waals surface area (Å²) in [6.07, 6.45) is 2.16. The molecule has 5 heteroatoms. The van der Waals surface area contributed by atoms with Gasteiger partial charge in [0.15, 0.2) is 5.96 Å². The van der Waals surface area contributed by atoms with Crippen molar-refractivity contribution in [2.24, 2.45) is 4.99 Å². The Morgan fingerprint density at radius 3 is 2.08 bits per heavy atom. The molecule has 0 bridgehead atoms. The summed E-state index contributed by atoms with van der Waals surface area (Å²) in [7, 11) is 1.83. The van der Waals surface area contributed by atoms with Crippen LogP contribution in [0.1, 0.15) is 40.5 Å². The van der Waals surface area contributed by atoms with Gasteiger partial charge in [-0.25, -0.2) is 0 Å². The van der Waals surface area contributed by atoms with Crippen LogP contribution < -0.4 is 16.0 Å². The van der Waals surface area contributed by atoms with Gasteiger partial charge in [-0.15, -0.1) is 0 Å². The average Bonchev–Trinajstić information content (AvgIpc) is 2.59. The van der Waals surface area contributed by atoms with Crippen LogP contribution in [0.4, 0.5) is 5.69 Å². The standard InChI is InChI=1S/C20H37N5/c1-17(2)25(18(3)4)16-10-15-24-20(21-5)23-14-9-13-22-19-11-7-6-8-12-19/h6-8,11-12,17-18,22H,9-10,13-16H2,1-5H3,(H2,21,23,24). The molecule has 0 atom stereocenters. The Kier molecular flexibility index (Phi) is 10.7. The molecule has 0 heterocycles. The summed E-state index contributed by atoms with van der Waals surface area (Å²) in [6.45, 7) is 13.0. The lowest BCUT2D eigenvalue weighted by molar-refractivity contribution is 0.173. The second-order valence-electron chi connectivity index (χ2n) is 6.85. The topological polar surface area (TPSA) is 51.7 Å². The SMILES string of the molecule is CN=C(NCCCNc1ccccc1)NCCCN(C(C)C)C(C)C. The second-order valence-corrected chi connectivity index (χ2v) is 6.85. The molecule has 0 saturated carbocycles. The Hall–Kier alpha value is -1.75. The smallest absolute Gasteiger partial charge is 0.190 e. The quantitative estimate of drug-likeness (QED) is 0.327. The molecule has 0 aliphatic rings. The largest absolute Gasteiger partial charge is 0.385 e. The van der Waals surface area contributed by atoms with Crippen molar-refractivity contribution in [1.82, 2.24) is 15.5 Å². The normalized spacial score (nSPS) is 12.1. The number of rotatable bonds is 11. The molecule has 3 N–H and O–H groups in total. The van der Waals surface area contributed by atoms with Crippen molar-refractivity contribution in [2.75, 3.05) is 38.5 Å². The predicted molar refractivity (Wildman–Crippen MR) is 111 cm³/mol. The third kappa shape index (κ3) is 9.34. The van der Waals surface area contributed by atoms with Gasteiger partial charge >= 0.3 is 0 Å². The minimum Gasteiger partial charge on any atom is -0.385 e. The van der Waals surface area contributed by atoms with E-state index < -0.39 is 0 Å². The number of guanidine groups is 1. The van der Waals surface area contributed by atoms with E-state index >= 15 is 0 Å². The number of hydrogen-bond acceptors (Lipinski definition) is 3. The Morgan fingerprint density at radius 2 is 1.52 bits per heavy atom. The predicted octanol–water partition coefficient (Wildman–Crippen LogP) is 3.16. The molecule has 0 spiro atoms. The molecule has 0 radical (unpaired) electrons. The fourth-order valence-corrected chi connectivity index (χ4v) is 2.89. The molecule has 0 amide bonds. The molecule has 1 aromatic rings. The summed E-state index contributed by atoms with van der Waals surface area (Å²) in [4.78, 5) is 6.81. The molecule has 25 heavy (non-hydrogen) atoms. The van der Waals surface area contributed by atoms with Crippen LogP contribution in [0.15, 0.2) is 35.3 Å². The first-order valence-electron chi connectivity index (χ1n) is 9.53. The van der Waals surface area contributed by atoms with Gasteiger partial charge in [0.25, 0.3) is 0 Å². The van der Waals surface area contributed by atoms with Crippen LogP contribution in [0.3, 0.4) is 0 Å². The number of anilines is 1. The molecule has 0 aliphatic heterocycles. The highest BCUT2D eigenvalue weighted by molar-refractivity contribution is 5.79. The van der Waals surface area contributed by atoms with E-state index in [0.29, 0.717) is 12.1 Å². The molecular weight excluding hydrogens is 310 g/mol. The minimum absolute atomic E-state index is 0.592. The minimum atomic E-state index is 0.592. The Balaban J connectivity index is 2.12. The van der Waals surface area contributed by atoms with Gasteiger partial charge in [-0.05, 0) is 52.7 Å². The second kappa shape index (κ2) is 12.6. The van der Waals surface area contributed by atoms with Crippen LogP contribution >= 0.6 is 0 Å². The molecule has 0 unspecified atom stereocenters. The third-order valence-corrected chi connectivity index (χ3v) is 4.18. The summed E-state index contributed by atoms with van der Waals surface area (Å²) in [6, 6.07) is 11.5. The van der Waals surface area contributed by atoms with Crippen LogP contribution in [0.25, 0.3) is 0 Å². The van der Waals surface area contributed by atoms with E-state index in [-0.39, 0.29) is 0 Å². The Morgan fingerprint density at radius 1 is 0.920 bits per heavy atom. The molecule has 5 nitrogen and oxygen atoms in total. The summed E-state index contributed by atoms with van der Waals surface area (Å²) < 4.78 is 0. The van der Waals surface area contributed by atoms with Crippen LogP contribution in [0, 0.1) is 0 Å². The Bertz CT molecular complexity index is 462. The van der Waals surface area contributed by atoms with Crippen LogP contribution in [-0.4, -0.2) is 56.2 Å². The number of benzene rings is 1. The van der Waals surface area contributed by atoms with E-state index in [2.05, 4.69) is 65.7 Å². The van der Waals surface area contributed by atoms with E-state index in [9.17, 15) is 0 Å².